The molecule has 1 aromatic heterocycles. The summed E-state index contributed by atoms with van der Waals surface area (Å²) in [4.78, 5) is 11.7. The second-order valence-electron chi connectivity index (χ2n) is 3.68. The fourth-order valence-electron chi connectivity index (χ4n) is 1.74. The Morgan fingerprint density at radius 3 is 2.94 bits per heavy atom. The first-order valence-electron chi connectivity index (χ1n) is 5.16. The van der Waals surface area contributed by atoms with Crippen LogP contribution in [0.5, 0.6) is 0 Å². The Bertz CT molecular complexity index is 545. The third kappa shape index (κ3) is 1.85. The normalized spacial score (nSPS) is 10.7. The first-order valence-corrected chi connectivity index (χ1v) is 5.95. The molecule has 2 rings (SSSR count). The van der Waals surface area contributed by atoms with Crippen LogP contribution in [0.25, 0.3) is 10.9 Å². The van der Waals surface area contributed by atoms with Crippen molar-refractivity contribution in [2.24, 2.45) is 7.05 Å². The molecular weight excluding hydrogens is 268 g/mol. The lowest BCUT2D eigenvalue weighted by atomic mass is 10.1. The molecule has 0 unspecified atom stereocenters. The summed E-state index contributed by atoms with van der Waals surface area (Å²) in [5, 5.41) is 3.91. The van der Waals surface area contributed by atoms with E-state index in [2.05, 4.69) is 21.2 Å². The molecule has 0 aliphatic carbocycles. The van der Waals surface area contributed by atoms with Gasteiger partial charge in [-0.2, -0.15) is 0 Å². The number of rotatable bonds is 2. The number of fused-ring (bicyclic) bond motifs is 1. The molecule has 84 valence electrons. The average Bonchev–Trinajstić information content (AvgIpc) is 2.55. The van der Waals surface area contributed by atoms with Gasteiger partial charge in [-0.25, -0.2) is 0 Å². The van der Waals surface area contributed by atoms with E-state index in [-0.39, 0.29) is 5.91 Å². The second kappa shape index (κ2) is 4.29. The molecule has 0 aliphatic rings. The molecule has 1 aromatic carbocycles. The highest BCUT2D eigenvalue weighted by molar-refractivity contribution is 9.10. The number of aromatic nitrogens is 1. The molecule has 1 amide bonds. The summed E-state index contributed by atoms with van der Waals surface area (Å²) in [6.07, 6.45) is 1.99. The van der Waals surface area contributed by atoms with Gasteiger partial charge >= 0.3 is 0 Å². The zero-order valence-electron chi connectivity index (χ0n) is 9.25. The number of hydrogen-bond donors (Lipinski definition) is 1. The highest BCUT2D eigenvalue weighted by Crippen LogP contribution is 2.26. The number of nitrogens with zero attached hydrogens (tertiary/aromatic N) is 1. The van der Waals surface area contributed by atoms with Crippen LogP contribution < -0.4 is 5.32 Å². The number of carbonyl (C=O) groups is 1. The Kier molecular flexibility index (Phi) is 3.01. The smallest absolute Gasteiger partial charge is 0.251 e. The van der Waals surface area contributed by atoms with Crippen LogP contribution in [0.15, 0.2) is 28.9 Å². The number of carbonyl (C=O) groups excluding carboxylic acids is 1. The summed E-state index contributed by atoms with van der Waals surface area (Å²) in [6.45, 7) is 2.56. The van der Waals surface area contributed by atoms with Gasteiger partial charge in [-0.3, -0.25) is 4.79 Å². The highest BCUT2D eigenvalue weighted by atomic mass is 79.9. The summed E-state index contributed by atoms with van der Waals surface area (Å²) in [7, 11) is 1.97. The number of amides is 1. The molecular formula is C12H13BrN2O. The van der Waals surface area contributed by atoms with E-state index in [0.29, 0.717) is 12.1 Å². The van der Waals surface area contributed by atoms with E-state index in [9.17, 15) is 4.79 Å². The maximum Gasteiger partial charge on any atom is 0.251 e. The zero-order valence-corrected chi connectivity index (χ0v) is 10.8. The Morgan fingerprint density at radius 2 is 2.25 bits per heavy atom. The summed E-state index contributed by atoms with van der Waals surface area (Å²) in [6, 6.07) is 5.72. The van der Waals surface area contributed by atoms with Gasteiger partial charge in [0.2, 0.25) is 0 Å². The lowest BCUT2D eigenvalue weighted by Crippen LogP contribution is -2.22. The number of halogens is 1. The van der Waals surface area contributed by atoms with Crippen molar-refractivity contribution in [2.45, 2.75) is 6.92 Å². The van der Waals surface area contributed by atoms with E-state index in [1.807, 2.05) is 42.9 Å². The van der Waals surface area contributed by atoms with Crippen molar-refractivity contribution < 1.29 is 4.79 Å². The molecule has 0 saturated heterocycles. The van der Waals surface area contributed by atoms with Gasteiger partial charge in [0.05, 0.1) is 0 Å². The Balaban J connectivity index is 2.51. The van der Waals surface area contributed by atoms with E-state index < -0.39 is 0 Å². The van der Waals surface area contributed by atoms with E-state index in [1.165, 1.54) is 0 Å². The topological polar surface area (TPSA) is 34.0 Å². The minimum atomic E-state index is -0.0262. The second-order valence-corrected chi connectivity index (χ2v) is 4.53. The SMILES string of the molecule is CCNC(=O)c1ccc2c(Br)cn(C)c2c1. The average molecular weight is 281 g/mol. The van der Waals surface area contributed by atoms with Gasteiger partial charge in [0.15, 0.2) is 0 Å². The number of benzene rings is 1. The van der Waals surface area contributed by atoms with Crippen LogP contribution in [0.2, 0.25) is 0 Å². The summed E-state index contributed by atoms with van der Waals surface area (Å²) < 4.78 is 3.05. The van der Waals surface area contributed by atoms with Crippen molar-refractivity contribution in [1.82, 2.24) is 9.88 Å². The van der Waals surface area contributed by atoms with Crippen LogP contribution >= 0.6 is 15.9 Å². The molecule has 0 bridgehead atoms. The van der Waals surface area contributed by atoms with Gasteiger partial charge in [-0.05, 0) is 35.0 Å². The molecule has 0 atom stereocenters. The predicted octanol–water partition coefficient (Wildman–Crippen LogP) is 2.69. The van der Waals surface area contributed by atoms with E-state index in [4.69, 9.17) is 0 Å². The molecule has 3 nitrogen and oxygen atoms in total. The molecule has 0 radical (unpaired) electrons. The quantitative estimate of drug-likeness (QED) is 0.902. The molecule has 4 heteroatoms. The lowest BCUT2D eigenvalue weighted by molar-refractivity contribution is 0.0956. The number of hydrogen-bond acceptors (Lipinski definition) is 1. The van der Waals surface area contributed by atoms with Crippen LogP contribution in [0.3, 0.4) is 0 Å². The van der Waals surface area contributed by atoms with Crippen molar-refractivity contribution in [2.75, 3.05) is 6.54 Å². The van der Waals surface area contributed by atoms with E-state index in [1.54, 1.807) is 0 Å². The minimum Gasteiger partial charge on any atom is -0.352 e. The molecule has 16 heavy (non-hydrogen) atoms. The lowest BCUT2D eigenvalue weighted by Gasteiger charge is -2.03. The Morgan fingerprint density at radius 1 is 1.50 bits per heavy atom. The molecule has 0 aliphatic heterocycles. The van der Waals surface area contributed by atoms with Crippen molar-refractivity contribution in [3.05, 3.63) is 34.4 Å². The molecule has 0 fully saturated rings. The molecule has 0 spiro atoms. The molecule has 2 aromatic rings. The van der Waals surface area contributed by atoms with Gasteiger partial charge in [-0.1, -0.05) is 6.07 Å². The molecule has 1 heterocycles. The first-order chi connectivity index (χ1) is 7.63. The number of aryl methyl sites for hydroxylation is 1. The largest absolute Gasteiger partial charge is 0.352 e. The fourth-order valence-corrected chi connectivity index (χ4v) is 2.38. The maximum atomic E-state index is 11.7. The zero-order chi connectivity index (χ0) is 11.7. The van der Waals surface area contributed by atoms with Gasteiger partial charge in [0, 0.05) is 40.7 Å². The van der Waals surface area contributed by atoms with Crippen molar-refractivity contribution in [3.63, 3.8) is 0 Å². The highest BCUT2D eigenvalue weighted by Gasteiger charge is 2.08. The maximum absolute atomic E-state index is 11.7. The standard InChI is InChI=1S/C12H13BrN2O/c1-3-14-12(16)8-4-5-9-10(13)7-15(2)11(9)6-8/h4-7H,3H2,1-2H3,(H,14,16). The van der Waals surface area contributed by atoms with Crippen molar-refractivity contribution in [1.29, 1.82) is 0 Å². The molecule has 0 saturated carbocycles. The molecule has 1 N–H and O–H groups in total. The minimum absolute atomic E-state index is 0.0262. The summed E-state index contributed by atoms with van der Waals surface area (Å²) in [5.74, 6) is -0.0262. The Labute approximate surface area is 103 Å². The van der Waals surface area contributed by atoms with Crippen LogP contribution in [0.1, 0.15) is 17.3 Å². The van der Waals surface area contributed by atoms with Crippen LogP contribution in [-0.4, -0.2) is 17.0 Å². The van der Waals surface area contributed by atoms with Crippen LogP contribution in [-0.2, 0) is 7.05 Å². The van der Waals surface area contributed by atoms with Crippen LogP contribution in [0.4, 0.5) is 0 Å². The fraction of sp³-hybridized carbons (Fsp3) is 0.250. The van der Waals surface area contributed by atoms with E-state index >= 15 is 0 Å². The van der Waals surface area contributed by atoms with Gasteiger partial charge in [0.1, 0.15) is 0 Å². The van der Waals surface area contributed by atoms with Crippen molar-refractivity contribution >= 4 is 32.7 Å². The summed E-state index contributed by atoms with van der Waals surface area (Å²) in [5.41, 5.74) is 1.75. The third-order valence-corrected chi connectivity index (χ3v) is 3.17. The van der Waals surface area contributed by atoms with E-state index in [0.717, 1.165) is 15.4 Å². The monoisotopic (exact) mass is 280 g/mol. The van der Waals surface area contributed by atoms with Crippen LogP contribution in [0, 0.1) is 0 Å². The van der Waals surface area contributed by atoms with Gasteiger partial charge in [-0.15, -0.1) is 0 Å². The third-order valence-electron chi connectivity index (χ3n) is 2.54. The van der Waals surface area contributed by atoms with Crippen molar-refractivity contribution in [3.8, 4) is 0 Å². The van der Waals surface area contributed by atoms with Gasteiger partial charge in [0.25, 0.3) is 5.91 Å². The predicted molar refractivity (Wildman–Crippen MR) is 68.6 cm³/mol. The van der Waals surface area contributed by atoms with Gasteiger partial charge < -0.3 is 9.88 Å². The number of nitrogens with one attached hydrogen (secondary N) is 1. The first kappa shape index (κ1) is 11.2. The Hall–Kier alpha value is -1.29. The summed E-state index contributed by atoms with van der Waals surface area (Å²) >= 11 is 3.49.